The molecule has 0 aliphatic carbocycles. The van der Waals surface area contributed by atoms with Crippen molar-refractivity contribution in [2.45, 2.75) is 24.8 Å². The SMILES string of the molecule is Cc1ccc(-n2[nH]c(CSc3nnnn3-c3ccccc3)cc2=O)cc1C. The monoisotopic (exact) mass is 378 g/mol. The number of H-pyrrole nitrogens is 1. The molecule has 0 saturated heterocycles. The highest BCUT2D eigenvalue weighted by molar-refractivity contribution is 7.98. The number of para-hydroxylation sites is 1. The van der Waals surface area contributed by atoms with Gasteiger partial charge in [-0.15, -0.1) is 5.10 Å². The maximum atomic E-state index is 12.4. The molecule has 4 aromatic rings. The third-order valence-electron chi connectivity index (χ3n) is 4.32. The topological polar surface area (TPSA) is 81.4 Å². The van der Waals surface area contributed by atoms with Crippen molar-refractivity contribution in [1.82, 2.24) is 30.0 Å². The van der Waals surface area contributed by atoms with Crippen molar-refractivity contribution in [2.24, 2.45) is 0 Å². The number of thioether (sulfide) groups is 1. The molecule has 136 valence electrons. The van der Waals surface area contributed by atoms with Gasteiger partial charge in [0.25, 0.3) is 5.56 Å². The van der Waals surface area contributed by atoms with Crippen LogP contribution in [0.3, 0.4) is 0 Å². The normalized spacial score (nSPS) is 11.0. The Kier molecular flexibility index (Phi) is 4.64. The quantitative estimate of drug-likeness (QED) is 0.540. The fourth-order valence-electron chi connectivity index (χ4n) is 2.72. The molecule has 2 aromatic heterocycles. The first-order valence-corrected chi connectivity index (χ1v) is 9.45. The number of aromatic amines is 1. The van der Waals surface area contributed by atoms with Crippen molar-refractivity contribution >= 4 is 11.8 Å². The van der Waals surface area contributed by atoms with E-state index in [1.165, 1.54) is 17.3 Å². The van der Waals surface area contributed by atoms with Gasteiger partial charge in [-0.05, 0) is 59.7 Å². The number of aromatic nitrogens is 6. The Morgan fingerprint density at radius 3 is 2.59 bits per heavy atom. The Morgan fingerprint density at radius 2 is 1.81 bits per heavy atom. The van der Waals surface area contributed by atoms with Crippen LogP contribution in [0.1, 0.15) is 16.8 Å². The lowest BCUT2D eigenvalue weighted by molar-refractivity contribution is 0.756. The van der Waals surface area contributed by atoms with E-state index in [9.17, 15) is 4.79 Å². The molecule has 2 heterocycles. The van der Waals surface area contributed by atoms with E-state index in [0.717, 1.165) is 22.6 Å². The summed E-state index contributed by atoms with van der Waals surface area (Å²) >= 11 is 1.47. The molecule has 0 bridgehead atoms. The highest BCUT2D eigenvalue weighted by Crippen LogP contribution is 2.21. The minimum Gasteiger partial charge on any atom is -0.294 e. The first kappa shape index (κ1) is 17.3. The number of rotatable bonds is 5. The largest absolute Gasteiger partial charge is 0.294 e. The van der Waals surface area contributed by atoms with E-state index in [0.29, 0.717) is 10.9 Å². The van der Waals surface area contributed by atoms with Crippen LogP contribution in [0.2, 0.25) is 0 Å². The third kappa shape index (κ3) is 3.56. The smallest absolute Gasteiger partial charge is 0.271 e. The van der Waals surface area contributed by atoms with E-state index >= 15 is 0 Å². The van der Waals surface area contributed by atoms with Crippen molar-refractivity contribution in [3.8, 4) is 11.4 Å². The summed E-state index contributed by atoms with van der Waals surface area (Å²) in [6.07, 6.45) is 0. The lowest BCUT2D eigenvalue weighted by Crippen LogP contribution is -2.13. The van der Waals surface area contributed by atoms with Crippen molar-refractivity contribution in [3.63, 3.8) is 0 Å². The van der Waals surface area contributed by atoms with E-state index in [1.54, 1.807) is 15.4 Å². The second-order valence-electron chi connectivity index (χ2n) is 6.22. The summed E-state index contributed by atoms with van der Waals surface area (Å²) in [4.78, 5) is 12.4. The van der Waals surface area contributed by atoms with Gasteiger partial charge in [-0.1, -0.05) is 36.0 Å². The molecule has 0 unspecified atom stereocenters. The molecule has 27 heavy (non-hydrogen) atoms. The summed E-state index contributed by atoms with van der Waals surface area (Å²) in [7, 11) is 0. The number of nitrogens with one attached hydrogen (secondary N) is 1. The average molecular weight is 378 g/mol. The van der Waals surface area contributed by atoms with Crippen LogP contribution >= 0.6 is 11.8 Å². The minimum atomic E-state index is -0.0866. The molecule has 2 aromatic carbocycles. The second kappa shape index (κ2) is 7.24. The summed E-state index contributed by atoms with van der Waals surface area (Å²) in [5, 5.41) is 15.7. The summed E-state index contributed by atoms with van der Waals surface area (Å²) < 4.78 is 3.24. The van der Waals surface area contributed by atoms with Crippen molar-refractivity contribution in [1.29, 1.82) is 0 Å². The fraction of sp³-hybridized carbons (Fsp3) is 0.158. The van der Waals surface area contributed by atoms with Gasteiger partial charge in [0.05, 0.1) is 11.4 Å². The highest BCUT2D eigenvalue weighted by atomic mass is 32.2. The van der Waals surface area contributed by atoms with Gasteiger partial charge in [0.15, 0.2) is 0 Å². The molecule has 0 atom stereocenters. The van der Waals surface area contributed by atoms with Crippen LogP contribution in [-0.4, -0.2) is 30.0 Å². The van der Waals surface area contributed by atoms with Crippen LogP contribution in [-0.2, 0) is 5.75 Å². The van der Waals surface area contributed by atoms with Crippen LogP contribution in [0.25, 0.3) is 11.4 Å². The second-order valence-corrected chi connectivity index (χ2v) is 7.16. The summed E-state index contributed by atoms with van der Waals surface area (Å²) in [5.74, 6) is 0.556. The van der Waals surface area contributed by atoms with Gasteiger partial charge in [-0.2, -0.15) is 4.68 Å². The molecule has 0 fully saturated rings. The van der Waals surface area contributed by atoms with Gasteiger partial charge in [0, 0.05) is 17.5 Å². The van der Waals surface area contributed by atoms with Gasteiger partial charge in [-0.3, -0.25) is 9.89 Å². The van der Waals surface area contributed by atoms with E-state index in [-0.39, 0.29) is 5.56 Å². The molecular weight excluding hydrogens is 360 g/mol. The third-order valence-corrected chi connectivity index (χ3v) is 5.29. The predicted molar refractivity (Wildman–Crippen MR) is 105 cm³/mol. The molecule has 7 nitrogen and oxygen atoms in total. The lowest BCUT2D eigenvalue weighted by Gasteiger charge is -2.06. The van der Waals surface area contributed by atoms with Crippen LogP contribution in [0, 0.1) is 13.8 Å². The Labute approximate surface area is 160 Å². The van der Waals surface area contributed by atoms with Crippen LogP contribution in [0.5, 0.6) is 0 Å². The molecule has 1 N–H and O–H groups in total. The van der Waals surface area contributed by atoms with E-state index in [2.05, 4.69) is 27.5 Å². The van der Waals surface area contributed by atoms with E-state index < -0.39 is 0 Å². The van der Waals surface area contributed by atoms with Gasteiger partial charge in [0.2, 0.25) is 5.16 Å². The van der Waals surface area contributed by atoms with Gasteiger partial charge in [-0.25, -0.2) is 4.68 Å². The number of benzene rings is 2. The summed E-state index contributed by atoms with van der Waals surface area (Å²) in [5.41, 5.74) is 4.79. The van der Waals surface area contributed by atoms with E-state index in [1.807, 2.05) is 55.5 Å². The fourth-order valence-corrected chi connectivity index (χ4v) is 3.51. The zero-order valence-corrected chi connectivity index (χ0v) is 15.8. The minimum absolute atomic E-state index is 0.0866. The van der Waals surface area contributed by atoms with Crippen LogP contribution < -0.4 is 5.56 Å². The Bertz CT molecular complexity index is 1130. The number of nitrogens with zero attached hydrogens (tertiary/aromatic N) is 5. The summed E-state index contributed by atoms with van der Waals surface area (Å²) in [6, 6.07) is 17.3. The zero-order chi connectivity index (χ0) is 18.8. The van der Waals surface area contributed by atoms with Crippen molar-refractivity contribution in [2.75, 3.05) is 0 Å². The van der Waals surface area contributed by atoms with Gasteiger partial charge >= 0.3 is 0 Å². The number of tetrazole rings is 1. The molecule has 0 amide bonds. The van der Waals surface area contributed by atoms with Gasteiger partial charge < -0.3 is 0 Å². The Morgan fingerprint density at radius 1 is 1.00 bits per heavy atom. The van der Waals surface area contributed by atoms with Crippen LogP contribution in [0.4, 0.5) is 0 Å². The molecule has 0 spiro atoms. The lowest BCUT2D eigenvalue weighted by atomic mass is 10.1. The first-order valence-electron chi connectivity index (χ1n) is 8.47. The number of aryl methyl sites for hydroxylation is 2. The highest BCUT2D eigenvalue weighted by Gasteiger charge is 2.11. The predicted octanol–water partition coefficient (Wildman–Crippen LogP) is 3.05. The van der Waals surface area contributed by atoms with E-state index in [4.69, 9.17) is 0 Å². The van der Waals surface area contributed by atoms with Crippen molar-refractivity contribution < 1.29 is 0 Å². The van der Waals surface area contributed by atoms with Crippen LogP contribution in [0.15, 0.2) is 64.5 Å². The molecule has 8 heteroatoms. The molecular formula is C19H18N6OS. The number of hydrogen-bond acceptors (Lipinski definition) is 5. The zero-order valence-electron chi connectivity index (χ0n) is 15.0. The molecule has 0 aliphatic rings. The number of hydrogen-bond donors (Lipinski definition) is 1. The van der Waals surface area contributed by atoms with Gasteiger partial charge in [0.1, 0.15) is 0 Å². The molecule has 4 rings (SSSR count). The molecule has 0 radical (unpaired) electrons. The maximum absolute atomic E-state index is 12.4. The standard InChI is InChI=1S/C19H18N6OS/c1-13-8-9-17(10-14(13)2)24-18(26)11-15(21-24)12-27-19-20-22-23-25(19)16-6-4-3-5-7-16/h3-11,21H,12H2,1-2H3. The first-order chi connectivity index (χ1) is 13.1. The molecule has 0 saturated carbocycles. The Hall–Kier alpha value is -3.13. The maximum Gasteiger partial charge on any atom is 0.271 e. The summed E-state index contributed by atoms with van der Waals surface area (Å²) in [6.45, 7) is 4.09. The molecule has 0 aliphatic heterocycles. The average Bonchev–Trinajstić information content (AvgIpc) is 3.29. The van der Waals surface area contributed by atoms with Crippen molar-refractivity contribution in [3.05, 3.63) is 81.8 Å². The Balaban J connectivity index is 1.55.